The summed E-state index contributed by atoms with van der Waals surface area (Å²) in [5, 5.41) is 0. The lowest BCUT2D eigenvalue weighted by molar-refractivity contribution is -0.145. The molecule has 2 heteroatoms. The van der Waals surface area contributed by atoms with E-state index in [1.165, 1.54) is 6.92 Å². The molecule has 0 bridgehead atoms. The Morgan fingerprint density at radius 1 is 1.00 bits per heavy atom. The molecule has 0 aromatic heterocycles. The summed E-state index contributed by atoms with van der Waals surface area (Å²) < 4.78 is 5.26. The van der Waals surface area contributed by atoms with Gasteiger partial charge in [-0.3, -0.25) is 4.79 Å². The summed E-state index contributed by atoms with van der Waals surface area (Å²) in [6.07, 6.45) is -0.237. The van der Waals surface area contributed by atoms with E-state index in [-0.39, 0.29) is 12.1 Å². The maximum Gasteiger partial charge on any atom is 0.303 e. The highest BCUT2D eigenvalue weighted by atomic mass is 16.5. The predicted molar refractivity (Wildman–Crippen MR) is 72.1 cm³/mol. The Morgan fingerprint density at radius 2 is 1.61 bits per heavy atom. The lowest BCUT2D eigenvalue weighted by Crippen LogP contribution is -2.06. The summed E-state index contributed by atoms with van der Waals surface area (Å²) in [5.74, 6) is -0.259. The lowest BCUT2D eigenvalue weighted by atomic mass is 9.97. The molecule has 0 saturated heterocycles. The van der Waals surface area contributed by atoms with Gasteiger partial charge in [-0.2, -0.15) is 0 Å². The van der Waals surface area contributed by atoms with Crippen molar-refractivity contribution in [3.8, 4) is 11.1 Å². The Hall–Kier alpha value is -2.09. The first-order chi connectivity index (χ1) is 8.68. The van der Waals surface area contributed by atoms with E-state index in [2.05, 4.69) is 12.1 Å². The average Bonchev–Trinajstić information content (AvgIpc) is 2.39. The van der Waals surface area contributed by atoms with Crippen LogP contribution in [0.2, 0.25) is 0 Å². The molecule has 0 heterocycles. The lowest BCUT2D eigenvalue weighted by Gasteiger charge is -2.16. The number of benzene rings is 2. The van der Waals surface area contributed by atoms with E-state index in [1.807, 2.05) is 49.4 Å². The molecule has 1 unspecified atom stereocenters. The molecule has 0 fully saturated rings. The van der Waals surface area contributed by atoms with Gasteiger partial charge in [0.2, 0.25) is 0 Å². The molecule has 2 aromatic rings. The van der Waals surface area contributed by atoms with Gasteiger partial charge in [-0.15, -0.1) is 0 Å². The summed E-state index contributed by atoms with van der Waals surface area (Å²) in [4.78, 5) is 11.1. The Kier molecular flexibility index (Phi) is 3.78. The van der Waals surface area contributed by atoms with E-state index in [9.17, 15) is 4.79 Å². The zero-order valence-corrected chi connectivity index (χ0v) is 10.6. The van der Waals surface area contributed by atoms with Crippen molar-refractivity contribution in [3.05, 3.63) is 60.2 Å². The summed E-state index contributed by atoms with van der Waals surface area (Å²) >= 11 is 0. The van der Waals surface area contributed by atoms with E-state index < -0.39 is 0 Å². The van der Waals surface area contributed by atoms with Crippen LogP contribution in [0.15, 0.2) is 54.6 Å². The second-order valence-electron chi connectivity index (χ2n) is 4.20. The molecule has 1 atom stereocenters. The minimum absolute atomic E-state index is 0.237. The summed E-state index contributed by atoms with van der Waals surface area (Å²) in [7, 11) is 0. The van der Waals surface area contributed by atoms with E-state index in [0.29, 0.717) is 0 Å². The van der Waals surface area contributed by atoms with Crippen LogP contribution in [0.3, 0.4) is 0 Å². The number of carbonyl (C=O) groups is 1. The van der Waals surface area contributed by atoms with Crippen LogP contribution in [0, 0.1) is 0 Å². The van der Waals surface area contributed by atoms with Gasteiger partial charge < -0.3 is 4.74 Å². The topological polar surface area (TPSA) is 26.3 Å². The SMILES string of the molecule is CC(=O)OC(C)c1ccccc1-c1ccccc1. The molecule has 0 saturated carbocycles. The third-order valence-electron chi connectivity index (χ3n) is 2.83. The molecular weight excluding hydrogens is 224 g/mol. The van der Waals surface area contributed by atoms with E-state index in [4.69, 9.17) is 4.74 Å². The first kappa shape index (κ1) is 12.4. The maximum atomic E-state index is 11.1. The zero-order valence-electron chi connectivity index (χ0n) is 10.6. The van der Waals surface area contributed by atoms with Crippen LogP contribution in [0.5, 0.6) is 0 Å². The smallest absolute Gasteiger partial charge is 0.303 e. The number of carbonyl (C=O) groups excluding carboxylic acids is 1. The quantitative estimate of drug-likeness (QED) is 0.758. The van der Waals surface area contributed by atoms with Gasteiger partial charge >= 0.3 is 5.97 Å². The van der Waals surface area contributed by atoms with E-state index >= 15 is 0 Å². The van der Waals surface area contributed by atoms with Gasteiger partial charge in [-0.05, 0) is 23.6 Å². The predicted octanol–water partition coefficient (Wildman–Crippen LogP) is 3.98. The molecule has 0 N–H and O–H groups in total. The number of hydrogen-bond acceptors (Lipinski definition) is 2. The Labute approximate surface area is 107 Å². The van der Waals surface area contributed by atoms with Gasteiger partial charge in [0.1, 0.15) is 6.10 Å². The average molecular weight is 240 g/mol. The molecule has 0 aliphatic carbocycles. The van der Waals surface area contributed by atoms with Crippen LogP contribution in [-0.2, 0) is 9.53 Å². The van der Waals surface area contributed by atoms with Crippen molar-refractivity contribution in [2.45, 2.75) is 20.0 Å². The van der Waals surface area contributed by atoms with Crippen molar-refractivity contribution >= 4 is 5.97 Å². The van der Waals surface area contributed by atoms with Crippen molar-refractivity contribution < 1.29 is 9.53 Å². The van der Waals surface area contributed by atoms with Crippen LogP contribution in [0.1, 0.15) is 25.5 Å². The van der Waals surface area contributed by atoms with E-state index in [0.717, 1.165) is 16.7 Å². The summed E-state index contributed by atoms with van der Waals surface area (Å²) in [6.45, 7) is 3.32. The molecule has 2 rings (SSSR count). The maximum absolute atomic E-state index is 11.1. The van der Waals surface area contributed by atoms with Crippen molar-refractivity contribution in [1.82, 2.24) is 0 Å². The number of hydrogen-bond donors (Lipinski definition) is 0. The highest BCUT2D eigenvalue weighted by molar-refractivity contribution is 5.70. The molecule has 0 aliphatic rings. The van der Waals surface area contributed by atoms with Crippen LogP contribution in [-0.4, -0.2) is 5.97 Å². The first-order valence-electron chi connectivity index (χ1n) is 6.00. The Balaban J connectivity index is 2.40. The van der Waals surface area contributed by atoms with Crippen molar-refractivity contribution in [1.29, 1.82) is 0 Å². The summed E-state index contributed by atoms with van der Waals surface area (Å²) in [6, 6.07) is 18.1. The van der Waals surface area contributed by atoms with Gasteiger partial charge in [0.25, 0.3) is 0 Å². The summed E-state index contributed by atoms with van der Waals surface area (Å²) in [5.41, 5.74) is 3.26. The molecule has 92 valence electrons. The zero-order chi connectivity index (χ0) is 13.0. The molecule has 0 aliphatic heterocycles. The molecule has 0 amide bonds. The third-order valence-corrected chi connectivity index (χ3v) is 2.83. The number of esters is 1. The van der Waals surface area contributed by atoms with Crippen LogP contribution in [0.25, 0.3) is 11.1 Å². The van der Waals surface area contributed by atoms with Crippen LogP contribution < -0.4 is 0 Å². The molecule has 0 spiro atoms. The second kappa shape index (κ2) is 5.50. The van der Waals surface area contributed by atoms with Gasteiger partial charge in [0.05, 0.1) is 0 Å². The minimum Gasteiger partial charge on any atom is -0.458 e. The highest BCUT2D eigenvalue weighted by Crippen LogP contribution is 2.29. The number of rotatable bonds is 3. The normalized spacial score (nSPS) is 11.9. The van der Waals surface area contributed by atoms with Gasteiger partial charge in [-0.1, -0.05) is 54.6 Å². The number of ether oxygens (including phenoxy) is 1. The van der Waals surface area contributed by atoms with Crippen molar-refractivity contribution in [3.63, 3.8) is 0 Å². The highest BCUT2D eigenvalue weighted by Gasteiger charge is 2.13. The molecule has 2 aromatic carbocycles. The van der Waals surface area contributed by atoms with Gasteiger partial charge in [0.15, 0.2) is 0 Å². The fraction of sp³-hybridized carbons (Fsp3) is 0.188. The third kappa shape index (κ3) is 2.77. The van der Waals surface area contributed by atoms with Crippen LogP contribution >= 0.6 is 0 Å². The largest absolute Gasteiger partial charge is 0.458 e. The monoisotopic (exact) mass is 240 g/mol. The molecule has 18 heavy (non-hydrogen) atoms. The Morgan fingerprint density at radius 3 is 2.28 bits per heavy atom. The molecule has 2 nitrogen and oxygen atoms in total. The first-order valence-corrected chi connectivity index (χ1v) is 6.00. The van der Waals surface area contributed by atoms with Crippen LogP contribution in [0.4, 0.5) is 0 Å². The van der Waals surface area contributed by atoms with Gasteiger partial charge in [0, 0.05) is 6.92 Å². The minimum atomic E-state index is -0.259. The van der Waals surface area contributed by atoms with Crippen molar-refractivity contribution in [2.75, 3.05) is 0 Å². The Bertz CT molecular complexity index is 532. The second-order valence-corrected chi connectivity index (χ2v) is 4.20. The van der Waals surface area contributed by atoms with Crippen molar-refractivity contribution in [2.24, 2.45) is 0 Å². The molecular formula is C16H16O2. The molecule has 0 radical (unpaired) electrons. The standard InChI is InChI=1S/C16H16O2/c1-12(18-13(2)17)15-10-6-7-11-16(15)14-8-4-3-5-9-14/h3-12H,1-2H3. The van der Waals surface area contributed by atoms with Gasteiger partial charge in [-0.25, -0.2) is 0 Å². The van der Waals surface area contributed by atoms with E-state index in [1.54, 1.807) is 0 Å². The fourth-order valence-corrected chi connectivity index (χ4v) is 2.04. The fourth-order valence-electron chi connectivity index (χ4n) is 2.04.